The van der Waals surface area contributed by atoms with Gasteiger partial charge in [0.25, 0.3) is 5.56 Å². The van der Waals surface area contributed by atoms with Crippen molar-refractivity contribution in [3.05, 3.63) is 26.6 Å². The monoisotopic (exact) mass is 269 g/mol. The number of likely N-dealkylation sites (N-methyl/N-ethyl adjacent to an activating group) is 1. The lowest BCUT2D eigenvalue weighted by Gasteiger charge is -2.11. The van der Waals surface area contributed by atoms with E-state index in [2.05, 4.69) is 4.98 Å². The predicted octanol–water partition coefficient (Wildman–Crippen LogP) is 1.21. The highest BCUT2D eigenvalue weighted by molar-refractivity contribution is 7.71. The second kappa shape index (κ2) is 4.42. The number of thiophene rings is 1. The van der Waals surface area contributed by atoms with E-state index in [4.69, 9.17) is 12.2 Å². The number of nitrogens with one attached hydrogen (secondary N) is 1. The third kappa shape index (κ3) is 2.16. The molecule has 0 saturated heterocycles. The molecule has 0 aromatic carbocycles. The first-order valence-electron chi connectivity index (χ1n) is 4.91. The summed E-state index contributed by atoms with van der Waals surface area (Å²) < 4.78 is 2.15. The molecule has 0 saturated carbocycles. The first-order chi connectivity index (χ1) is 8.00. The Labute approximate surface area is 106 Å². The van der Waals surface area contributed by atoms with Crippen LogP contribution in [0.3, 0.4) is 0 Å². The van der Waals surface area contributed by atoms with Crippen molar-refractivity contribution in [1.82, 2.24) is 14.5 Å². The summed E-state index contributed by atoms with van der Waals surface area (Å²) >= 11 is 6.42. The molecule has 0 unspecified atom stereocenters. The van der Waals surface area contributed by atoms with Crippen LogP contribution in [-0.2, 0) is 11.3 Å². The van der Waals surface area contributed by atoms with E-state index < -0.39 is 0 Å². The highest BCUT2D eigenvalue weighted by Crippen LogP contribution is 2.13. The molecular formula is C10H11N3O2S2. The average Bonchev–Trinajstić information content (AvgIpc) is 2.71. The lowest BCUT2D eigenvalue weighted by molar-refractivity contribution is -0.129. The molecule has 0 aliphatic rings. The molecule has 0 radical (unpaired) electrons. The SMILES string of the molecule is CN(C)C(=O)Cn1c(=S)[nH]c2ccsc2c1=O. The standard InChI is InChI=1S/C10H11N3O2S2/c1-12(2)7(14)5-13-9(15)8-6(3-4-17-8)11-10(13)16/h3-4H,5H2,1-2H3,(H,11,16). The molecule has 5 nitrogen and oxygen atoms in total. The number of hydrogen-bond donors (Lipinski definition) is 1. The Morgan fingerprint density at radius 3 is 2.94 bits per heavy atom. The first kappa shape index (κ1) is 12.0. The van der Waals surface area contributed by atoms with Gasteiger partial charge in [0, 0.05) is 14.1 Å². The van der Waals surface area contributed by atoms with Crippen molar-refractivity contribution >= 4 is 39.7 Å². The summed E-state index contributed by atoms with van der Waals surface area (Å²) in [6.07, 6.45) is 0. The van der Waals surface area contributed by atoms with Gasteiger partial charge in [-0.15, -0.1) is 11.3 Å². The zero-order valence-corrected chi connectivity index (χ0v) is 11.0. The normalized spacial score (nSPS) is 10.7. The summed E-state index contributed by atoms with van der Waals surface area (Å²) in [6, 6.07) is 1.80. The van der Waals surface area contributed by atoms with Gasteiger partial charge in [0.15, 0.2) is 4.77 Å². The van der Waals surface area contributed by atoms with Gasteiger partial charge in [-0.1, -0.05) is 0 Å². The van der Waals surface area contributed by atoms with E-state index >= 15 is 0 Å². The van der Waals surface area contributed by atoms with E-state index in [1.807, 2.05) is 5.38 Å². The Hall–Kier alpha value is -1.47. The van der Waals surface area contributed by atoms with Crippen molar-refractivity contribution in [2.75, 3.05) is 14.1 Å². The molecule has 7 heteroatoms. The van der Waals surface area contributed by atoms with Gasteiger partial charge in [0.2, 0.25) is 5.91 Å². The van der Waals surface area contributed by atoms with Crippen LogP contribution in [0.4, 0.5) is 0 Å². The number of aromatic amines is 1. The van der Waals surface area contributed by atoms with E-state index in [1.165, 1.54) is 20.8 Å². The number of H-pyrrole nitrogens is 1. The molecule has 90 valence electrons. The van der Waals surface area contributed by atoms with Crippen LogP contribution in [-0.4, -0.2) is 34.5 Å². The topological polar surface area (TPSA) is 58.1 Å². The Balaban J connectivity index is 2.58. The molecular weight excluding hydrogens is 258 g/mol. The fraction of sp³-hybridized carbons (Fsp3) is 0.300. The van der Waals surface area contributed by atoms with Crippen molar-refractivity contribution in [3.63, 3.8) is 0 Å². The van der Waals surface area contributed by atoms with Gasteiger partial charge in [0.1, 0.15) is 11.2 Å². The van der Waals surface area contributed by atoms with Crippen molar-refractivity contribution in [3.8, 4) is 0 Å². The fourth-order valence-electron chi connectivity index (χ4n) is 1.39. The number of amides is 1. The first-order valence-corrected chi connectivity index (χ1v) is 6.20. The quantitative estimate of drug-likeness (QED) is 0.834. The van der Waals surface area contributed by atoms with Crippen molar-refractivity contribution in [1.29, 1.82) is 0 Å². The molecule has 1 N–H and O–H groups in total. The third-order valence-electron chi connectivity index (χ3n) is 2.38. The molecule has 17 heavy (non-hydrogen) atoms. The van der Waals surface area contributed by atoms with Crippen LogP contribution in [0.1, 0.15) is 0 Å². The molecule has 0 aliphatic heterocycles. The minimum Gasteiger partial charge on any atom is -0.347 e. The van der Waals surface area contributed by atoms with Gasteiger partial charge in [-0.05, 0) is 23.7 Å². The summed E-state index contributed by atoms with van der Waals surface area (Å²) in [5.74, 6) is -0.164. The summed E-state index contributed by atoms with van der Waals surface area (Å²) in [4.78, 5) is 28.1. The lowest BCUT2D eigenvalue weighted by atomic mass is 10.4. The van der Waals surface area contributed by atoms with E-state index in [1.54, 1.807) is 20.2 Å². The van der Waals surface area contributed by atoms with Gasteiger partial charge < -0.3 is 9.88 Å². The summed E-state index contributed by atoms with van der Waals surface area (Å²) in [6.45, 7) is -0.0327. The van der Waals surface area contributed by atoms with Crippen LogP contribution in [0.5, 0.6) is 0 Å². The molecule has 2 aromatic heterocycles. The Bertz CT molecular complexity index is 681. The summed E-state index contributed by atoms with van der Waals surface area (Å²) in [5, 5.41) is 1.81. The van der Waals surface area contributed by atoms with Crippen molar-refractivity contribution in [2.45, 2.75) is 6.54 Å². The van der Waals surface area contributed by atoms with Gasteiger partial charge in [-0.25, -0.2) is 0 Å². The highest BCUT2D eigenvalue weighted by atomic mass is 32.1. The summed E-state index contributed by atoms with van der Waals surface area (Å²) in [5.41, 5.74) is 0.507. The predicted molar refractivity (Wildman–Crippen MR) is 70.0 cm³/mol. The number of carbonyl (C=O) groups excluding carboxylic acids is 1. The van der Waals surface area contributed by atoms with E-state index in [0.717, 1.165) is 5.52 Å². The lowest BCUT2D eigenvalue weighted by Crippen LogP contribution is -2.32. The zero-order valence-electron chi connectivity index (χ0n) is 9.39. The van der Waals surface area contributed by atoms with Gasteiger partial charge >= 0.3 is 0 Å². The van der Waals surface area contributed by atoms with Crippen LogP contribution in [0.2, 0.25) is 0 Å². The molecule has 2 aromatic rings. The van der Waals surface area contributed by atoms with Crippen molar-refractivity contribution < 1.29 is 4.79 Å². The maximum Gasteiger partial charge on any atom is 0.272 e. The molecule has 0 atom stereocenters. The van der Waals surface area contributed by atoms with E-state index in [-0.39, 0.29) is 22.8 Å². The minimum absolute atomic E-state index is 0.0327. The van der Waals surface area contributed by atoms with Crippen LogP contribution < -0.4 is 5.56 Å². The van der Waals surface area contributed by atoms with Crippen LogP contribution in [0.25, 0.3) is 10.2 Å². The molecule has 0 fully saturated rings. The molecule has 2 rings (SSSR count). The van der Waals surface area contributed by atoms with Gasteiger partial charge in [-0.2, -0.15) is 0 Å². The highest BCUT2D eigenvalue weighted by Gasteiger charge is 2.11. The number of aromatic nitrogens is 2. The molecule has 0 spiro atoms. The average molecular weight is 269 g/mol. The second-order valence-electron chi connectivity index (χ2n) is 3.77. The zero-order chi connectivity index (χ0) is 12.6. The Morgan fingerprint density at radius 2 is 2.29 bits per heavy atom. The Kier molecular flexibility index (Phi) is 3.12. The van der Waals surface area contributed by atoms with Crippen molar-refractivity contribution in [2.24, 2.45) is 0 Å². The maximum atomic E-state index is 12.1. The van der Waals surface area contributed by atoms with Gasteiger partial charge in [0.05, 0.1) is 5.52 Å². The number of rotatable bonds is 2. The third-order valence-corrected chi connectivity index (χ3v) is 3.61. The number of nitrogens with zero attached hydrogens (tertiary/aromatic N) is 2. The largest absolute Gasteiger partial charge is 0.347 e. The summed E-state index contributed by atoms with van der Waals surface area (Å²) in [7, 11) is 3.29. The smallest absolute Gasteiger partial charge is 0.272 e. The molecule has 2 heterocycles. The molecule has 0 bridgehead atoms. The Morgan fingerprint density at radius 1 is 1.59 bits per heavy atom. The van der Waals surface area contributed by atoms with Crippen LogP contribution in [0, 0.1) is 4.77 Å². The fourth-order valence-corrected chi connectivity index (χ4v) is 2.45. The number of carbonyl (C=O) groups is 1. The maximum absolute atomic E-state index is 12.1. The van der Waals surface area contributed by atoms with E-state index in [9.17, 15) is 9.59 Å². The van der Waals surface area contributed by atoms with Gasteiger partial charge in [-0.3, -0.25) is 14.2 Å². The number of fused-ring (bicyclic) bond motifs is 1. The van der Waals surface area contributed by atoms with Crippen LogP contribution >= 0.6 is 23.6 Å². The van der Waals surface area contributed by atoms with Crippen LogP contribution in [0.15, 0.2) is 16.2 Å². The van der Waals surface area contributed by atoms with E-state index in [0.29, 0.717) is 4.70 Å². The molecule has 0 aliphatic carbocycles. The second-order valence-corrected chi connectivity index (χ2v) is 5.08. The minimum atomic E-state index is -0.214. The number of hydrogen-bond acceptors (Lipinski definition) is 4. The molecule has 1 amide bonds.